The summed E-state index contributed by atoms with van der Waals surface area (Å²) in [6.07, 6.45) is 1.80. The number of rotatable bonds is 5. The summed E-state index contributed by atoms with van der Waals surface area (Å²) in [5.41, 5.74) is 0.677. The average molecular weight is 343 g/mol. The SMILES string of the molecule is CC(C)(C)NC(=O)c1ccnc(C(=O)NCCc2ccccc2F)c1. The molecule has 0 bridgehead atoms. The summed E-state index contributed by atoms with van der Waals surface area (Å²) in [5, 5.41) is 5.52. The maximum Gasteiger partial charge on any atom is 0.269 e. The average Bonchev–Trinajstić information content (AvgIpc) is 2.55. The second-order valence-electron chi connectivity index (χ2n) is 6.73. The number of carbonyl (C=O) groups excluding carboxylic acids is 2. The van der Waals surface area contributed by atoms with E-state index in [0.29, 0.717) is 17.5 Å². The van der Waals surface area contributed by atoms with Gasteiger partial charge >= 0.3 is 0 Å². The van der Waals surface area contributed by atoms with Crippen LogP contribution in [-0.2, 0) is 6.42 Å². The van der Waals surface area contributed by atoms with Gasteiger partial charge in [-0.25, -0.2) is 4.39 Å². The minimum Gasteiger partial charge on any atom is -0.350 e. The van der Waals surface area contributed by atoms with E-state index >= 15 is 0 Å². The van der Waals surface area contributed by atoms with Gasteiger partial charge in [-0.1, -0.05) is 18.2 Å². The van der Waals surface area contributed by atoms with Crippen molar-refractivity contribution in [2.45, 2.75) is 32.7 Å². The molecule has 0 aliphatic heterocycles. The van der Waals surface area contributed by atoms with Crippen molar-refractivity contribution >= 4 is 11.8 Å². The number of aromatic nitrogens is 1. The van der Waals surface area contributed by atoms with Gasteiger partial charge in [0.15, 0.2) is 0 Å². The summed E-state index contributed by atoms with van der Waals surface area (Å²) in [6.45, 7) is 5.91. The summed E-state index contributed by atoms with van der Waals surface area (Å²) in [7, 11) is 0. The number of hydrogen-bond donors (Lipinski definition) is 2. The molecule has 0 fully saturated rings. The van der Waals surface area contributed by atoms with Crippen LogP contribution >= 0.6 is 0 Å². The highest BCUT2D eigenvalue weighted by atomic mass is 19.1. The highest BCUT2D eigenvalue weighted by molar-refractivity contribution is 5.98. The van der Waals surface area contributed by atoms with E-state index in [4.69, 9.17) is 0 Å². The van der Waals surface area contributed by atoms with Crippen molar-refractivity contribution in [3.63, 3.8) is 0 Å². The zero-order chi connectivity index (χ0) is 18.4. The molecule has 2 rings (SSSR count). The maximum atomic E-state index is 13.5. The van der Waals surface area contributed by atoms with Gasteiger partial charge in [-0.2, -0.15) is 0 Å². The number of nitrogens with zero attached hydrogens (tertiary/aromatic N) is 1. The molecule has 0 atom stereocenters. The van der Waals surface area contributed by atoms with Crippen LogP contribution in [0.5, 0.6) is 0 Å². The fraction of sp³-hybridized carbons (Fsp3) is 0.316. The first-order valence-electron chi connectivity index (χ1n) is 8.06. The van der Waals surface area contributed by atoms with Crippen LogP contribution in [0, 0.1) is 5.82 Å². The third-order valence-corrected chi connectivity index (χ3v) is 3.38. The topological polar surface area (TPSA) is 71.1 Å². The minimum atomic E-state index is -0.401. The van der Waals surface area contributed by atoms with E-state index in [1.54, 1.807) is 24.3 Å². The zero-order valence-corrected chi connectivity index (χ0v) is 14.6. The molecule has 2 aromatic rings. The molecule has 1 heterocycles. The quantitative estimate of drug-likeness (QED) is 0.877. The van der Waals surface area contributed by atoms with Crippen LogP contribution < -0.4 is 10.6 Å². The molecule has 25 heavy (non-hydrogen) atoms. The van der Waals surface area contributed by atoms with E-state index in [1.807, 2.05) is 20.8 Å². The summed E-state index contributed by atoms with van der Waals surface area (Å²) in [6, 6.07) is 9.43. The van der Waals surface area contributed by atoms with E-state index in [1.165, 1.54) is 18.3 Å². The van der Waals surface area contributed by atoms with Crippen LogP contribution in [0.15, 0.2) is 42.6 Å². The predicted octanol–water partition coefficient (Wildman–Crippen LogP) is 2.72. The van der Waals surface area contributed by atoms with Crippen LogP contribution in [0.3, 0.4) is 0 Å². The molecule has 2 N–H and O–H groups in total. The smallest absolute Gasteiger partial charge is 0.269 e. The number of pyridine rings is 1. The predicted molar refractivity (Wildman–Crippen MR) is 93.9 cm³/mol. The monoisotopic (exact) mass is 343 g/mol. The highest BCUT2D eigenvalue weighted by Crippen LogP contribution is 2.08. The molecular weight excluding hydrogens is 321 g/mol. The van der Waals surface area contributed by atoms with Crippen LogP contribution in [0.1, 0.15) is 47.2 Å². The van der Waals surface area contributed by atoms with Gasteiger partial charge in [0.05, 0.1) is 0 Å². The Kier molecular flexibility index (Phi) is 5.85. The van der Waals surface area contributed by atoms with E-state index < -0.39 is 5.91 Å². The molecule has 0 aliphatic rings. The van der Waals surface area contributed by atoms with Gasteiger partial charge < -0.3 is 10.6 Å². The number of amides is 2. The Labute approximate surface area is 146 Å². The van der Waals surface area contributed by atoms with Crippen molar-refractivity contribution in [3.8, 4) is 0 Å². The number of hydrogen-bond acceptors (Lipinski definition) is 3. The van der Waals surface area contributed by atoms with E-state index in [0.717, 1.165) is 0 Å². The Morgan fingerprint density at radius 1 is 1.12 bits per heavy atom. The van der Waals surface area contributed by atoms with Crippen molar-refractivity contribution in [2.75, 3.05) is 6.54 Å². The second kappa shape index (κ2) is 7.88. The lowest BCUT2D eigenvalue weighted by Gasteiger charge is -2.20. The minimum absolute atomic E-state index is 0.148. The first-order valence-corrected chi connectivity index (χ1v) is 8.06. The normalized spacial score (nSPS) is 11.0. The largest absolute Gasteiger partial charge is 0.350 e. The molecule has 0 spiro atoms. The van der Waals surface area contributed by atoms with Crippen molar-refractivity contribution in [1.29, 1.82) is 0 Å². The molecule has 0 radical (unpaired) electrons. The summed E-state index contributed by atoms with van der Waals surface area (Å²) >= 11 is 0. The van der Waals surface area contributed by atoms with E-state index in [-0.39, 0.29) is 29.5 Å². The lowest BCUT2D eigenvalue weighted by atomic mass is 10.1. The van der Waals surface area contributed by atoms with Crippen molar-refractivity contribution in [2.24, 2.45) is 0 Å². The second-order valence-corrected chi connectivity index (χ2v) is 6.73. The molecule has 132 valence electrons. The maximum absolute atomic E-state index is 13.5. The lowest BCUT2D eigenvalue weighted by Crippen LogP contribution is -2.40. The van der Waals surface area contributed by atoms with E-state index in [9.17, 15) is 14.0 Å². The summed E-state index contributed by atoms with van der Waals surface area (Å²) < 4.78 is 13.5. The van der Waals surface area contributed by atoms with Gasteiger partial charge in [0.2, 0.25) is 0 Å². The Balaban J connectivity index is 1.97. The lowest BCUT2D eigenvalue weighted by molar-refractivity contribution is 0.0919. The third-order valence-electron chi connectivity index (χ3n) is 3.38. The van der Waals surface area contributed by atoms with Crippen molar-refractivity contribution in [3.05, 3.63) is 65.2 Å². The highest BCUT2D eigenvalue weighted by Gasteiger charge is 2.17. The fourth-order valence-electron chi connectivity index (χ4n) is 2.21. The zero-order valence-electron chi connectivity index (χ0n) is 14.6. The van der Waals surface area contributed by atoms with E-state index in [2.05, 4.69) is 15.6 Å². The van der Waals surface area contributed by atoms with Gasteiger partial charge in [0, 0.05) is 23.8 Å². The van der Waals surface area contributed by atoms with Gasteiger partial charge in [0.25, 0.3) is 11.8 Å². The number of carbonyl (C=O) groups is 2. The molecular formula is C19H22FN3O2. The Bertz CT molecular complexity index is 769. The molecule has 0 aliphatic carbocycles. The number of halogens is 1. The molecule has 1 aromatic carbocycles. The molecule has 0 unspecified atom stereocenters. The Morgan fingerprint density at radius 2 is 1.84 bits per heavy atom. The van der Waals surface area contributed by atoms with Crippen molar-refractivity contribution < 1.29 is 14.0 Å². The molecule has 0 saturated carbocycles. The van der Waals surface area contributed by atoms with Gasteiger partial charge in [-0.3, -0.25) is 14.6 Å². The number of nitrogens with one attached hydrogen (secondary N) is 2. The summed E-state index contributed by atoms with van der Waals surface area (Å²) in [4.78, 5) is 28.3. The molecule has 1 aromatic heterocycles. The molecule has 6 heteroatoms. The molecule has 2 amide bonds. The van der Waals surface area contributed by atoms with Gasteiger partial charge in [-0.05, 0) is 51.0 Å². The van der Waals surface area contributed by atoms with Crippen LogP contribution in [-0.4, -0.2) is 28.9 Å². The molecule has 0 saturated heterocycles. The fourth-order valence-corrected chi connectivity index (χ4v) is 2.21. The molecule has 5 nitrogen and oxygen atoms in total. The third kappa shape index (κ3) is 5.67. The van der Waals surface area contributed by atoms with Crippen molar-refractivity contribution in [1.82, 2.24) is 15.6 Å². The van der Waals surface area contributed by atoms with Crippen LogP contribution in [0.2, 0.25) is 0 Å². The van der Waals surface area contributed by atoms with Crippen LogP contribution in [0.25, 0.3) is 0 Å². The van der Waals surface area contributed by atoms with Gasteiger partial charge in [0.1, 0.15) is 11.5 Å². The first kappa shape index (κ1) is 18.6. The van der Waals surface area contributed by atoms with Crippen LogP contribution in [0.4, 0.5) is 4.39 Å². The Hall–Kier alpha value is -2.76. The standard InChI is InChI=1S/C19H22FN3O2/c1-19(2,3)23-17(24)14-9-10-21-16(12-14)18(25)22-11-8-13-6-4-5-7-15(13)20/h4-7,9-10,12H,8,11H2,1-3H3,(H,22,25)(H,23,24). The summed E-state index contributed by atoms with van der Waals surface area (Å²) in [5.74, 6) is -0.965. The Morgan fingerprint density at radius 3 is 2.52 bits per heavy atom. The first-order chi connectivity index (χ1) is 11.8. The van der Waals surface area contributed by atoms with Gasteiger partial charge in [-0.15, -0.1) is 0 Å². The number of benzene rings is 1.